The van der Waals surface area contributed by atoms with Gasteiger partial charge in [-0.05, 0) is 35.8 Å². The van der Waals surface area contributed by atoms with Crippen molar-refractivity contribution in [2.75, 3.05) is 6.61 Å². The molecule has 1 unspecified atom stereocenters. The van der Waals surface area contributed by atoms with Crippen LogP contribution in [0.15, 0.2) is 102 Å². The molecule has 3 aromatic carbocycles. The fraction of sp³-hybridized carbons (Fsp3) is 0.444. The predicted molar refractivity (Wildman–Crippen MR) is 206 cm³/mol. The predicted octanol–water partition coefficient (Wildman–Crippen LogP) is 6.01. The number of carbonyl (C=O) groups excluding carboxylic acids is 5. The molecule has 1 saturated heterocycles. The zero-order chi connectivity index (χ0) is 42.3. The monoisotopic (exact) mass is 812 g/mol. The first-order chi connectivity index (χ1) is 28.0. The van der Waals surface area contributed by atoms with Crippen LogP contribution in [0.4, 0.5) is 9.59 Å². The number of hydrogen-bond acceptors (Lipinski definition) is 14. The van der Waals surface area contributed by atoms with Crippen LogP contribution in [0.25, 0.3) is 0 Å². The molecule has 2 N–H and O–H groups in total. The Morgan fingerprint density at radius 3 is 1.92 bits per heavy atom. The lowest BCUT2D eigenvalue weighted by Crippen LogP contribution is -2.81. The molecule has 4 aliphatic rings. The molecule has 312 valence electrons. The number of carbonyl (C=O) groups is 5. The summed E-state index contributed by atoms with van der Waals surface area (Å²) in [7, 11) is 0. The fourth-order valence-electron chi connectivity index (χ4n) is 9.58. The number of hydrogen-bond donors (Lipinski definition) is 2. The number of benzene rings is 3. The summed E-state index contributed by atoms with van der Waals surface area (Å²) in [5.41, 5.74) is -6.35. The van der Waals surface area contributed by atoms with Crippen molar-refractivity contribution in [1.29, 1.82) is 0 Å². The van der Waals surface area contributed by atoms with Gasteiger partial charge in [-0.15, -0.1) is 0 Å². The Morgan fingerprint density at radius 1 is 0.814 bits per heavy atom. The summed E-state index contributed by atoms with van der Waals surface area (Å²) in [5, 5.41) is 25.7. The molecule has 14 nitrogen and oxygen atoms in total. The van der Waals surface area contributed by atoms with Crippen molar-refractivity contribution in [3.8, 4) is 0 Å². The average Bonchev–Trinajstić information content (AvgIpc) is 3.21. The van der Waals surface area contributed by atoms with Crippen LogP contribution in [-0.2, 0) is 56.0 Å². The van der Waals surface area contributed by atoms with Crippen LogP contribution >= 0.6 is 0 Å². The van der Waals surface area contributed by atoms with Gasteiger partial charge in [-0.3, -0.25) is 9.59 Å². The molecule has 0 aromatic heterocycles. The SMILES string of the molecule is CC(=O)O[C@@]12CO[C@@H]1C[C@H](O)[C@@]1(C)C(=O)C(OC(=O)OCc3ccccc3)=C3C(C)[C@@H](OC(=O)OCc4ccccc4)C[C@@](O)([C@@H](OC(=O)c4ccccc4)[C@H]21)C3(C)C. The number of aliphatic hydroxyl groups is 2. The molecule has 3 aromatic rings. The maximum absolute atomic E-state index is 15.6. The van der Waals surface area contributed by atoms with Crippen molar-refractivity contribution in [2.45, 2.75) is 96.3 Å². The maximum atomic E-state index is 15.6. The minimum atomic E-state index is -2.32. The Labute approximate surface area is 341 Å². The first-order valence-electron chi connectivity index (χ1n) is 19.6. The van der Waals surface area contributed by atoms with Gasteiger partial charge in [0.25, 0.3) is 0 Å². The number of esters is 2. The summed E-state index contributed by atoms with van der Waals surface area (Å²) < 4.78 is 41.2. The second-order valence-electron chi connectivity index (χ2n) is 16.5. The molecular weight excluding hydrogens is 764 g/mol. The highest BCUT2D eigenvalue weighted by atomic mass is 16.7. The highest BCUT2D eigenvalue weighted by Crippen LogP contribution is 2.65. The smallest absolute Gasteiger partial charge is 0.455 e. The fourth-order valence-corrected chi connectivity index (χ4v) is 9.58. The molecule has 3 fully saturated rings. The molecule has 1 aliphatic heterocycles. The van der Waals surface area contributed by atoms with E-state index >= 15 is 4.79 Å². The van der Waals surface area contributed by atoms with E-state index < -0.39 is 100 Å². The third-order valence-corrected chi connectivity index (χ3v) is 12.8. The first-order valence-corrected chi connectivity index (χ1v) is 19.6. The minimum absolute atomic E-state index is 0.0231. The van der Waals surface area contributed by atoms with Crippen molar-refractivity contribution in [3.63, 3.8) is 0 Å². The number of aliphatic hydroxyl groups excluding tert-OH is 1. The van der Waals surface area contributed by atoms with Crippen LogP contribution in [-0.4, -0.2) is 82.5 Å². The van der Waals surface area contributed by atoms with Crippen LogP contribution in [0.3, 0.4) is 0 Å². The van der Waals surface area contributed by atoms with Gasteiger partial charge in [0, 0.05) is 31.1 Å². The maximum Gasteiger partial charge on any atom is 0.514 e. The van der Waals surface area contributed by atoms with E-state index in [2.05, 4.69) is 0 Å². The molecule has 9 atom stereocenters. The molecule has 3 aliphatic carbocycles. The Morgan fingerprint density at radius 2 is 1.37 bits per heavy atom. The van der Waals surface area contributed by atoms with Crippen LogP contribution in [0, 0.1) is 22.7 Å². The number of allylic oxidation sites excluding steroid dienone is 1. The molecule has 14 heteroatoms. The summed E-state index contributed by atoms with van der Waals surface area (Å²) in [6.45, 7) is 6.75. The lowest BCUT2D eigenvalue weighted by atomic mass is 9.45. The van der Waals surface area contributed by atoms with E-state index in [1.54, 1.807) is 93.6 Å². The standard InChI is InChI=1S/C45H48O14/c1-26-31(56-40(50)53-23-28-15-9-6-10-16-28)22-45(52)38(58-39(49)30-19-13-8-14-20-30)36-43(5,32(47)21-33-44(36,25-55-33)59-27(2)46)37(48)35(34(26)42(45,3)4)57-41(51)54-24-29-17-11-7-12-18-29/h6-20,26,31-33,36,38,47,52H,21-25H2,1-5H3/t26?,31-,32-,33+,36-,38-,43+,44-,45+/m0/s1. The Hall–Kier alpha value is -5.57. The summed E-state index contributed by atoms with van der Waals surface area (Å²) in [6.07, 6.45) is -8.61. The molecule has 1 heterocycles. The van der Waals surface area contributed by atoms with Gasteiger partial charge in [0.15, 0.2) is 11.4 Å². The quantitative estimate of drug-likeness (QED) is 0.189. The van der Waals surface area contributed by atoms with Crippen LogP contribution in [0.2, 0.25) is 0 Å². The summed E-state index contributed by atoms with van der Waals surface area (Å²) in [4.78, 5) is 70.0. The van der Waals surface area contributed by atoms with E-state index in [0.717, 1.165) is 0 Å². The normalized spacial score (nSPS) is 31.7. The zero-order valence-electron chi connectivity index (χ0n) is 33.5. The minimum Gasteiger partial charge on any atom is -0.455 e. The molecule has 0 amide bonds. The van der Waals surface area contributed by atoms with E-state index in [4.69, 9.17) is 33.2 Å². The average molecular weight is 813 g/mol. The summed E-state index contributed by atoms with van der Waals surface area (Å²) >= 11 is 0. The van der Waals surface area contributed by atoms with E-state index in [0.29, 0.717) is 11.1 Å². The van der Waals surface area contributed by atoms with Crippen LogP contribution in [0.5, 0.6) is 0 Å². The number of rotatable bonds is 9. The molecule has 7 rings (SSSR count). The largest absolute Gasteiger partial charge is 0.514 e. The van der Waals surface area contributed by atoms with Gasteiger partial charge < -0.3 is 43.4 Å². The van der Waals surface area contributed by atoms with Gasteiger partial charge in [0.1, 0.15) is 37.1 Å². The van der Waals surface area contributed by atoms with Crippen molar-refractivity contribution in [2.24, 2.45) is 22.7 Å². The molecule has 2 bridgehead atoms. The summed E-state index contributed by atoms with van der Waals surface area (Å²) in [5.74, 6) is -5.64. The van der Waals surface area contributed by atoms with E-state index in [1.807, 2.05) is 6.07 Å². The van der Waals surface area contributed by atoms with Gasteiger partial charge in [-0.25, -0.2) is 14.4 Å². The number of ether oxygens (including phenoxy) is 7. The number of Topliss-reactive ketones (excluding diaryl/α,β-unsaturated/α-hetero) is 1. The topological polar surface area (TPSA) is 190 Å². The van der Waals surface area contributed by atoms with Gasteiger partial charge >= 0.3 is 24.2 Å². The molecule has 0 spiro atoms. The third-order valence-electron chi connectivity index (χ3n) is 12.8. The molecule has 2 saturated carbocycles. The van der Waals surface area contributed by atoms with Crippen LogP contribution in [0.1, 0.15) is 68.9 Å². The first kappa shape index (κ1) is 41.6. The van der Waals surface area contributed by atoms with E-state index in [9.17, 15) is 29.4 Å². The van der Waals surface area contributed by atoms with Crippen molar-refractivity contribution < 1.29 is 67.3 Å². The third kappa shape index (κ3) is 7.27. The second-order valence-corrected chi connectivity index (χ2v) is 16.5. The number of fused-ring (bicyclic) bond motifs is 5. The summed E-state index contributed by atoms with van der Waals surface area (Å²) in [6, 6.07) is 25.6. The van der Waals surface area contributed by atoms with Gasteiger partial charge in [-0.2, -0.15) is 0 Å². The van der Waals surface area contributed by atoms with Crippen molar-refractivity contribution in [3.05, 3.63) is 119 Å². The zero-order valence-corrected chi connectivity index (χ0v) is 33.5. The Kier molecular flexibility index (Phi) is 11.2. The Bertz CT molecular complexity index is 2120. The highest BCUT2D eigenvalue weighted by Gasteiger charge is 2.78. The Balaban J connectivity index is 1.41. The molecule has 59 heavy (non-hydrogen) atoms. The highest BCUT2D eigenvalue weighted by molar-refractivity contribution is 6.02. The second kappa shape index (κ2) is 15.9. The molecule has 0 radical (unpaired) electrons. The molecular formula is C45H48O14. The van der Waals surface area contributed by atoms with E-state index in [-0.39, 0.29) is 37.4 Å². The number of ketones is 1. The lowest BCUT2D eigenvalue weighted by molar-refractivity contribution is -0.345. The lowest BCUT2D eigenvalue weighted by Gasteiger charge is -2.67. The van der Waals surface area contributed by atoms with E-state index in [1.165, 1.54) is 26.0 Å². The van der Waals surface area contributed by atoms with Crippen molar-refractivity contribution in [1.82, 2.24) is 0 Å². The van der Waals surface area contributed by atoms with Gasteiger partial charge in [-0.1, -0.05) is 99.6 Å². The van der Waals surface area contributed by atoms with Crippen LogP contribution < -0.4 is 0 Å². The van der Waals surface area contributed by atoms with Gasteiger partial charge in [0.05, 0.1) is 29.6 Å². The van der Waals surface area contributed by atoms with Gasteiger partial charge in [0.2, 0.25) is 5.78 Å². The van der Waals surface area contributed by atoms with Crippen molar-refractivity contribution >= 4 is 30.0 Å².